The molecule has 0 radical (unpaired) electrons. The number of aromatic nitrogens is 1. The normalized spacial score (nSPS) is 10.2. The third-order valence-electron chi connectivity index (χ3n) is 3.44. The van der Waals surface area contributed by atoms with Gasteiger partial charge in [0.1, 0.15) is 11.5 Å². The van der Waals surface area contributed by atoms with Crippen molar-refractivity contribution in [2.45, 2.75) is 13.8 Å². The maximum absolute atomic E-state index is 12.0. The van der Waals surface area contributed by atoms with E-state index in [1.54, 1.807) is 25.1 Å². The first kappa shape index (κ1) is 21.3. The van der Waals surface area contributed by atoms with Gasteiger partial charge in [-0.25, -0.2) is 0 Å². The number of hydrogen-bond acceptors (Lipinski definition) is 7. The van der Waals surface area contributed by atoms with E-state index in [1.165, 1.54) is 7.11 Å². The zero-order chi connectivity index (χ0) is 20.5. The Balaban J connectivity index is 1.67. The van der Waals surface area contributed by atoms with Crippen LogP contribution in [0.3, 0.4) is 0 Å². The molecular weight excluding hydrogens is 384 g/mol. The summed E-state index contributed by atoms with van der Waals surface area (Å²) in [5, 5.41) is 11.4. The minimum Gasteiger partial charge on any atom is -0.495 e. The Hall–Kier alpha value is -3.01. The molecule has 1 heterocycles. The number of nitrogens with zero attached hydrogens (tertiary/aromatic N) is 1. The summed E-state index contributed by atoms with van der Waals surface area (Å²) in [6.45, 7) is 3.43. The average Bonchev–Trinajstić information content (AvgIpc) is 3.05. The average molecular weight is 406 g/mol. The number of carbonyl (C=O) groups excluding carboxylic acids is 3. The fourth-order valence-corrected chi connectivity index (χ4v) is 2.83. The van der Waals surface area contributed by atoms with Crippen LogP contribution in [0.4, 0.5) is 11.5 Å². The van der Waals surface area contributed by atoms with Gasteiger partial charge in [-0.2, -0.15) is 0 Å². The number of anilines is 2. The van der Waals surface area contributed by atoms with Crippen LogP contribution in [0.25, 0.3) is 0 Å². The summed E-state index contributed by atoms with van der Waals surface area (Å²) in [6.07, 6.45) is 0. The van der Waals surface area contributed by atoms with Gasteiger partial charge in [0.15, 0.2) is 5.82 Å². The molecule has 0 atom stereocenters. The fourth-order valence-electron chi connectivity index (χ4n) is 2.18. The lowest BCUT2D eigenvalue weighted by molar-refractivity contribution is -0.122. The van der Waals surface area contributed by atoms with Gasteiger partial charge in [0, 0.05) is 6.07 Å². The minimum atomic E-state index is -0.374. The number of amides is 3. The van der Waals surface area contributed by atoms with Gasteiger partial charge >= 0.3 is 0 Å². The van der Waals surface area contributed by atoms with Crippen LogP contribution in [0.15, 0.2) is 28.8 Å². The second-order valence-corrected chi connectivity index (χ2v) is 6.88. The third kappa shape index (κ3) is 6.95. The molecule has 28 heavy (non-hydrogen) atoms. The van der Waals surface area contributed by atoms with E-state index in [9.17, 15) is 14.4 Å². The number of nitrogens with one attached hydrogen (secondary N) is 3. The van der Waals surface area contributed by atoms with E-state index in [4.69, 9.17) is 9.26 Å². The van der Waals surface area contributed by atoms with Crippen molar-refractivity contribution in [3.8, 4) is 5.75 Å². The van der Waals surface area contributed by atoms with Crippen molar-refractivity contribution in [3.05, 3.63) is 35.6 Å². The molecule has 150 valence electrons. The van der Waals surface area contributed by atoms with Crippen molar-refractivity contribution in [1.29, 1.82) is 0 Å². The SMILES string of the molecule is COc1ccc(C)cc1NC(=O)CNC(=O)CSCC(=O)Nc1cc(C)on1. The second kappa shape index (κ2) is 10.4. The summed E-state index contributed by atoms with van der Waals surface area (Å²) in [5.74, 6) is 0.560. The van der Waals surface area contributed by atoms with E-state index in [0.717, 1.165) is 17.3 Å². The largest absolute Gasteiger partial charge is 0.495 e. The first-order valence-electron chi connectivity index (χ1n) is 8.39. The zero-order valence-electron chi connectivity index (χ0n) is 15.8. The van der Waals surface area contributed by atoms with Gasteiger partial charge in [0.25, 0.3) is 0 Å². The van der Waals surface area contributed by atoms with Gasteiger partial charge in [-0.1, -0.05) is 11.2 Å². The highest BCUT2D eigenvalue weighted by molar-refractivity contribution is 8.00. The topological polar surface area (TPSA) is 123 Å². The molecule has 10 heteroatoms. The molecule has 0 spiro atoms. The van der Waals surface area contributed by atoms with E-state index in [0.29, 0.717) is 23.0 Å². The highest BCUT2D eigenvalue weighted by Gasteiger charge is 2.11. The molecule has 0 saturated heterocycles. The molecule has 0 aliphatic carbocycles. The van der Waals surface area contributed by atoms with Crippen LogP contribution in [0.5, 0.6) is 5.75 Å². The third-order valence-corrected chi connectivity index (χ3v) is 4.37. The number of hydrogen-bond donors (Lipinski definition) is 3. The van der Waals surface area contributed by atoms with Crippen LogP contribution in [0, 0.1) is 13.8 Å². The molecule has 1 aromatic carbocycles. The molecule has 0 saturated carbocycles. The summed E-state index contributed by atoms with van der Waals surface area (Å²) in [4.78, 5) is 35.6. The van der Waals surface area contributed by atoms with Crippen molar-refractivity contribution in [3.63, 3.8) is 0 Å². The first-order valence-corrected chi connectivity index (χ1v) is 9.55. The Morgan fingerprint density at radius 3 is 2.50 bits per heavy atom. The molecule has 2 aromatic rings. The first-order chi connectivity index (χ1) is 13.4. The molecule has 0 aliphatic rings. The van der Waals surface area contributed by atoms with E-state index >= 15 is 0 Å². The summed E-state index contributed by atoms with van der Waals surface area (Å²) < 4.78 is 10.0. The van der Waals surface area contributed by atoms with Gasteiger partial charge in [-0.3, -0.25) is 14.4 Å². The van der Waals surface area contributed by atoms with Crippen LogP contribution in [-0.2, 0) is 14.4 Å². The molecule has 9 nitrogen and oxygen atoms in total. The van der Waals surface area contributed by atoms with Crippen molar-refractivity contribution in [2.75, 3.05) is 35.8 Å². The van der Waals surface area contributed by atoms with Crippen molar-refractivity contribution in [1.82, 2.24) is 10.5 Å². The van der Waals surface area contributed by atoms with Gasteiger partial charge in [-0.15, -0.1) is 11.8 Å². The fraction of sp³-hybridized carbons (Fsp3) is 0.333. The van der Waals surface area contributed by atoms with Crippen molar-refractivity contribution < 1.29 is 23.6 Å². The van der Waals surface area contributed by atoms with Crippen molar-refractivity contribution >= 4 is 41.0 Å². The standard InChI is InChI=1S/C18H22N4O5S/c1-11-4-5-14(26-3)13(6-11)20-16(23)8-19-17(24)9-28-10-18(25)21-15-7-12(2)27-22-15/h4-7H,8-10H2,1-3H3,(H,19,24)(H,20,23)(H,21,22,25). The smallest absolute Gasteiger partial charge is 0.243 e. The van der Waals surface area contributed by atoms with Gasteiger partial charge < -0.3 is 25.2 Å². The Kier molecular flexibility index (Phi) is 7.88. The lowest BCUT2D eigenvalue weighted by atomic mass is 10.2. The van der Waals surface area contributed by atoms with Gasteiger partial charge in [-0.05, 0) is 31.5 Å². The van der Waals surface area contributed by atoms with Crippen LogP contribution in [0.1, 0.15) is 11.3 Å². The highest BCUT2D eigenvalue weighted by Crippen LogP contribution is 2.24. The predicted octanol–water partition coefficient (Wildman–Crippen LogP) is 1.73. The van der Waals surface area contributed by atoms with Crippen LogP contribution < -0.4 is 20.7 Å². The molecule has 3 amide bonds. The second-order valence-electron chi connectivity index (χ2n) is 5.89. The quantitative estimate of drug-likeness (QED) is 0.579. The maximum atomic E-state index is 12.0. The highest BCUT2D eigenvalue weighted by atomic mass is 32.2. The van der Waals surface area contributed by atoms with Crippen LogP contribution >= 0.6 is 11.8 Å². The molecule has 0 bridgehead atoms. The lowest BCUT2D eigenvalue weighted by Gasteiger charge is -2.11. The molecular formula is C18H22N4O5S. The number of thioether (sulfide) groups is 1. The Bertz CT molecular complexity index is 852. The van der Waals surface area contributed by atoms with Crippen LogP contribution in [0.2, 0.25) is 0 Å². The Labute approximate surface area is 166 Å². The lowest BCUT2D eigenvalue weighted by Crippen LogP contribution is -2.34. The zero-order valence-corrected chi connectivity index (χ0v) is 16.6. The monoisotopic (exact) mass is 406 g/mol. The number of aryl methyl sites for hydroxylation is 2. The summed E-state index contributed by atoms with van der Waals surface area (Å²) >= 11 is 1.13. The Morgan fingerprint density at radius 2 is 1.82 bits per heavy atom. The molecule has 0 unspecified atom stereocenters. The number of carbonyl (C=O) groups is 3. The van der Waals surface area contributed by atoms with Crippen molar-refractivity contribution in [2.24, 2.45) is 0 Å². The summed E-state index contributed by atoms with van der Waals surface area (Å²) in [7, 11) is 1.51. The number of ether oxygens (including phenoxy) is 1. The number of rotatable bonds is 9. The number of benzene rings is 1. The van der Waals surface area contributed by atoms with E-state index in [2.05, 4.69) is 21.1 Å². The minimum absolute atomic E-state index is 0.0479. The summed E-state index contributed by atoms with van der Waals surface area (Å²) in [5.41, 5.74) is 1.51. The Morgan fingerprint density at radius 1 is 1.07 bits per heavy atom. The van der Waals surface area contributed by atoms with E-state index in [-0.39, 0.29) is 35.8 Å². The molecule has 3 N–H and O–H groups in total. The molecule has 2 rings (SSSR count). The van der Waals surface area contributed by atoms with E-state index in [1.807, 2.05) is 13.0 Å². The molecule has 0 fully saturated rings. The maximum Gasteiger partial charge on any atom is 0.243 e. The summed E-state index contributed by atoms with van der Waals surface area (Å²) in [6, 6.07) is 7.00. The van der Waals surface area contributed by atoms with E-state index < -0.39 is 0 Å². The van der Waals surface area contributed by atoms with Gasteiger partial charge in [0.2, 0.25) is 17.7 Å². The van der Waals surface area contributed by atoms with Crippen LogP contribution in [-0.4, -0.2) is 48.0 Å². The molecule has 1 aromatic heterocycles. The number of methoxy groups -OCH3 is 1. The van der Waals surface area contributed by atoms with Gasteiger partial charge in [0.05, 0.1) is 30.8 Å². The predicted molar refractivity (Wildman–Crippen MR) is 107 cm³/mol. The molecule has 0 aliphatic heterocycles.